The Balaban J connectivity index is 1.92. The van der Waals surface area contributed by atoms with Gasteiger partial charge in [0.25, 0.3) is 0 Å². The summed E-state index contributed by atoms with van der Waals surface area (Å²) in [6.07, 6.45) is 0. The van der Waals surface area contributed by atoms with Crippen molar-refractivity contribution in [1.29, 1.82) is 0 Å². The molecule has 0 unspecified atom stereocenters. The smallest absolute Gasteiger partial charge is 0.189 e. The van der Waals surface area contributed by atoms with Crippen molar-refractivity contribution < 1.29 is 9.47 Å². The second kappa shape index (κ2) is 10.4. The first-order valence-electron chi connectivity index (χ1n) is 9.06. The van der Waals surface area contributed by atoms with Crippen molar-refractivity contribution in [3.8, 4) is 11.5 Å². The maximum absolute atomic E-state index is 6.01. The first-order chi connectivity index (χ1) is 13.0. The molecule has 0 aliphatic rings. The molecule has 0 spiro atoms. The van der Waals surface area contributed by atoms with Crippen molar-refractivity contribution in [3.05, 3.63) is 59.2 Å². The molecule has 0 aliphatic carbocycles. The fraction of sp³-hybridized carbons (Fsp3) is 0.381. The number of rotatable bonds is 9. The summed E-state index contributed by atoms with van der Waals surface area (Å²) in [5.74, 6) is 1.82. The average Bonchev–Trinajstić information content (AvgIpc) is 2.70. The van der Waals surface area contributed by atoms with E-state index in [9.17, 15) is 0 Å². The molecule has 0 fully saturated rings. The second-order valence-corrected chi connectivity index (χ2v) is 6.39. The van der Waals surface area contributed by atoms with E-state index >= 15 is 0 Å². The minimum Gasteiger partial charge on any atom is -0.493 e. The van der Waals surface area contributed by atoms with Gasteiger partial charge < -0.3 is 25.4 Å². The molecule has 2 aromatic carbocycles. The number of nitrogens with one attached hydrogen (secondary N) is 1. The van der Waals surface area contributed by atoms with Gasteiger partial charge in [0.1, 0.15) is 0 Å². The lowest BCUT2D eigenvalue weighted by Crippen LogP contribution is -2.31. The second-order valence-electron chi connectivity index (χ2n) is 6.39. The number of guanidine groups is 1. The summed E-state index contributed by atoms with van der Waals surface area (Å²) in [6.45, 7) is 5.22. The topological polar surface area (TPSA) is 72.1 Å². The number of hydrogen-bond acceptors (Lipinski definition) is 4. The summed E-state index contributed by atoms with van der Waals surface area (Å²) in [5.41, 5.74) is 9.48. The fourth-order valence-corrected chi connectivity index (χ4v) is 2.67. The Morgan fingerprint density at radius 2 is 1.78 bits per heavy atom. The molecular weight excluding hydrogens is 340 g/mol. The van der Waals surface area contributed by atoms with Gasteiger partial charge in [-0.1, -0.05) is 37.3 Å². The van der Waals surface area contributed by atoms with E-state index in [4.69, 9.17) is 15.2 Å². The summed E-state index contributed by atoms with van der Waals surface area (Å²) >= 11 is 0. The van der Waals surface area contributed by atoms with Gasteiger partial charge in [-0.3, -0.25) is 0 Å². The van der Waals surface area contributed by atoms with Crippen LogP contribution in [0.4, 0.5) is 0 Å². The summed E-state index contributed by atoms with van der Waals surface area (Å²) in [7, 11) is 5.36. The van der Waals surface area contributed by atoms with Crippen LogP contribution in [0.3, 0.4) is 0 Å². The maximum atomic E-state index is 6.01. The van der Waals surface area contributed by atoms with Crippen LogP contribution < -0.4 is 20.5 Å². The molecule has 6 nitrogen and oxygen atoms in total. The molecular formula is C21H30N4O2. The van der Waals surface area contributed by atoms with Gasteiger partial charge in [0, 0.05) is 13.1 Å². The monoisotopic (exact) mass is 370 g/mol. The van der Waals surface area contributed by atoms with Crippen LogP contribution in [-0.4, -0.2) is 38.7 Å². The van der Waals surface area contributed by atoms with Crippen LogP contribution in [0.1, 0.15) is 23.6 Å². The van der Waals surface area contributed by atoms with E-state index in [1.165, 1.54) is 5.56 Å². The molecule has 0 bridgehead atoms. The van der Waals surface area contributed by atoms with Crippen LogP contribution in [-0.2, 0) is 19.6 Å². The fourth-order valence-electron chi connectivity index (χ4n) is 2.67. The van der Waals surface area contributed by atoms with E-state index < -0.39 is 0 Å². The lowest BCUT2D eigenvalue weighted by Gasteiger charge is -2.14. The minimum absolute atomic E-state index is 0.417. The van der Waals surface area contributed by atoms with Crippen molar-refractivity contribution in [3.63, 3.8) is 0 Å². The molecule has 0 aromatic heterocycles. The molecule has 0 saturated heterocycles. The van der Waals surface area contributed by atoms with Gasteiger partial charge in [0.15, 0.2) is 17.5 Å². The third-order valence-corrected chi connectivity index (χ3v) is 4.34. The standard InChI is InChI=1S/C21H30N4O2/c1-5-25(2)15-18-8-6-7-16(11-18)13-23-21(22)24-14-17-9-10-19(26-3)20(12-17)27-4/h6-12H,5,13-15H2,1-4H3,(H3,22,23,24). The van der Waals surface area contributed by atoms with Gasteiger partial charge in [-0.25, -0.2) is 4.99 Å². The number of aliphatic imine (C=N–C) groups is 1. The van der Waals surface area contributed by atoms with Gasteiger partial charge in [0.05, 0.1) is 20.8 Å². The quantitative estimate of drug-likeness (QED) is 0.525. The van der Waals surface area contributed by atoms with Crippen LogP contribution in [0, 0.1) is 0 Å². The molecule has 2 rings (SSSR count). The third kappa shape index (κ3) is 6.49. The largest absolute Gasteiger partial charge is 0.493 e. The summed E-state index contributed by atoms with van der Waals surface area (Å²) in [6, 6.07) is 14.2. The predicted molar refractivity (Wildman–Crippen MR) is 110 cm³/mol. The molecule has 3 N–H and O–H groups in total. The Bertz CT molecular complexity index is 762. The molecule has 6 heteroatoms. The Labute approximate surface area is 162 Å². The third-order valence-electron chi connectivity index (χ3n) is 4.34. The normalized spacial score (nSPS) is 11.5. The van der Waals surface area contributed by atoms with Crippen LogP contribution in [0.5, 0.6) is 11.5 Å². The van der Waals surface area contributed by atoms with E-state index in [0.717, 1.165) is 24.2 Å². The summed E-state index contributed by atoms with van der Waals surface area (Å²) in [4.78, 5) is 6.71. The van der Waals surface area contributed by atoms with Gasteiger partial charge in [-0.05, 0) is 42.4 Å². The van der Waals surface area contributed by atoms with Crippen molar-refractivity contribution in [2.75, 3.05) is 27.8 Å². The van der Waals surface area contributed by atoms with Crippen LogP contribution in [0.2, 0.25) is 0 Å². The SMILES string of the molecule is CCN(C)Cc1cccc(CN=C(N)NCc2ccc(OC)c(OC)c2)c1. The Morgan fingerprint density at radius 1 is 1.04 bits per heavy atom. The molecule has 0 atom stereocenters. The number of ether oxygens (including phenoxy) is 2. The van der Waals surface area contributed by atoms with Gasteiger partial charge in [-0.15, -0.1) is 0 Å². The van der Waals surface area contributed by atoms with Gasteiger partial charge in [-0.2, -0.15) is 0 Å². The molecule has 2 aromatic rings. The molecule has 0 aliphatic heterocycles. The van der Waals surface area contributed by atoms with E-state index in [1.54, 1.807) is 14.2 Å². The molecule has 146 valence electrons. The van der Waals surface area contributed by atoms with Gasteiger partial charge in [0.2, 0.25) is 0 Å². The van der Waals surface area contributed by atoms with E-state index in [1.807, 2.05) is 18.2 Å². The van der Waals surface area contributed by atoms with E-state index in [-0.39, 0.29) is 0 Å². The Hall–Kier alpha value is -2.73. The highest BCUT2D eigenvalue weighted by atomic mass is 16.5. The van der Waals surface area contributed by atoms with Crippen LogP contribution in [0.25, 0.3) is 0 Å². The predicted octanol–water partition coefficient (Wildman–Crippen LogP) is 2.76. The van der Waals surface area contributed by atoms with Crippen molar-refractivity contribution in [2.45, 2.75) is 26.6 Å². The molecule has 0 amide bonds. The van der Waals surface area contributed by atoms with Crippen molar-refractivity contribution in [2.24, 2.45) is 10.7 Å². The lowest BCUT2D eigenvalue weighted by atomic mass is 10.1. The first kappa shape index (κ1) is 20.6. The van der Waals surface area contributed by atoms with E-state index in [2.05, 4.69) is 53.4 Å². The molecule has 0 radical (unpaired) electrons. The zero-order chi connectivity index (χ0) is 19.6. The highest BCUT2D eigenvalue weighted by Crippen LogP contribution is 2.27. The zero-order valence-corrected chi connectivity index (χ0v) is 16.7. The van der Waals surface area contributed by atoms with Crippen LogP contribution in [0.15, 0.2) is 47.5 Å². The Morgan fingerprint density at radius 3 is 2.48 bits per heavy atom. The van der Waals surface area contributed by atoms with Crippen LogP contribution >= 0.6 is 0 Å². The maximum Gasteiger partial charge on any atom is 0.189 e. The molecule has 0 saturated carbocycles. The Kier molecular flexibility index (Phi) is 7.95. The zero-order valence-electron chi connectivity index (χ0n) is 16.7. The number of hydrogen-bond donors (Lipinski definition) is 2. The highest BCUT2D eigenvalue weighted by molar-refractivity contribution is 5.77. The summed E-state index contributed by atoms with van der Waals surface area (Å²) in [5, 5.41) is 3.14. The average molecular weight is 370 g/mol. The number of benzene rings is 2. The van der Waals surface area contributed by atoms with Crippen molar-refractivity contribution in [1.82, 2.24) is 10.2 Å². The van der Waals surface area contributed by atoms with Gasteiger partial charge >= 0.3 is 0 Å². The van der Waals surface area contributed by atoms with Crippen molar-refractivity contribution >= 4 is 5.96 Å². The van der Waals surface area contributed by atoms with E-state index in [0.29, 0.717) is 30.5 Å². The first-order valence-corrected chi connectivity index (χ1v) is 9.06. The number of nitrogens with zero attached hydrogens (tertiary/aromatic N) is 2. The minimum atomic E-state index is 0.417. The lowest BCUT2D eigenvalue weighted by molar-refractivity contribution is 0.345. The summed E-state index contributed by atoms with van der Waals surface area (Å²) < 4.78 is 10.6. The number of nitrogens with two attached hydrogens (primary N) is 1. The number of methoxy groups -OCH3 is 2. The molecule has 27 heavy (non-hydrogen) atoms. The highest BCUT2D eigenvalue weighted by Gasteiger charge is 2.05. The molecule has 0 heterocycles.